The lowest BCUT2D eigenvalue weighted by Crippen LogP contribution is -2.31. The summed E-state index contributed by atoms with van der Waals surface area (Å²) < 4.78 is 41.2. The predicted octanol–water partition coefficient (Wildman–Crippen LogP) is 3.34. The number of rotatable bonds is 6. The Balaban J connectivity index is 1.49. The van der Waals surface area contributed by atoms with E-state index in [0.29, 0.717) is 12.2 Å². The molecule has 0 spiro atoms. The van der Waals surface area contributed by atoms with Gasteiger partial charge in [-0.3, -0.25) is 4.68 Å². The van der Waals surface area contributed by atoms with E-state index in [1.807, 2.05) is 11.6 Å². The maximum Gasteiger partial charge on any atom is 0.421 e. The first-order chi connectivity index (χ1) is 13.9. The third kappa shape index (κ3) is 3.74. The Morgan fingerprint density at radius 2 is 1.83 bits per heavy atom. The largest absolute Gasteiger partial charge is 0.421 e. The molecule has 29 heavy (non-hydrogen) atoms. The molecule has 0 aliphatic heterocycles. The molecule has 3 aromatic heterocycles. The molecule has 1 aliphatic carbocycles. The lowest BCUT2D eigenvalue weighted by Gasteiger charge is -2.35. The first kappa shape index (κ1) is 19.2. The fourth-order valence-corrected chi connectivity index (χ4v) is 3.35. The van der Waals surface area contributed by atoms with Crippen molar-refractivity contribution >= 4 is 17.5 Å². The summed E-state index contributed by atoms with van der Waals surface area (Å²) in [7, 11) is 0. The van der Waals surface area contributed by atoms with Crippen LogP contribution in [0.15, 0.2) is 24.8 Å². The molecule has 1 fully saturated rings. The summed E-state index contributed by atoms with van der Waals surface area (Å²) in [6.07, 6.45) is 2.90. The molecule has 0 atom stereocenters. The minimum absolute atomic E-state index is 0.0730. The molecule has 3 heterocycles. The standard InChI is InChI=1S/C17H20F3N9/c1-3-21-15-13(17(18,19)20)8-22-16(27-15)26-14-9-25-28(10(14)2)11-6-12(7-11)29-23-4-5-24-29/h4-5,8-9,11-12H,3,6-7H2,1-2H3,(H2,21,22,26,27). The number of alkyl halides is 3. The van der Waals surface area contributed by atoms with Gasteiger partial charge in [-0.2, -0.15) is 38.2 Å². The molecule has 12 heteroatoms. The molecule has 0 radical (unpaired) electrons. The fourth-order valence-electron chi connectivity index (χ4n) is 3.35. The molecule has 1 aliphatic rings. The van der Waals surface area contributed by atoms with Gasteiger partial charge in [0.1, 0.15) is 11.4 Å². The number of aromatic nitrogens is 7. The number of nitrogens with zero attached hydrogens (tertiary/aromatic N) is 7. The van der Waals surface area contributed by atoms with E-state index in [-0.39, 0.29) is 23.8 Å². The van der Waals surface area contributed by atoms with Gasteiger partial charge in [-0.15, -0.1) is 0 Å². The Hall–Kier alpha value is -3.18. The number of anilines is 3. The summed E-state index contributed by atoms with van der Waals surface area (Å²) in [5.41, 5.74) is 0.605. The monoisotopic (exact) mass is 407 g/mol. The lowest BCUT2D eigenvalue weighted by atomic mass is 9.87. The Bertz CT molecular complexity index is 975. The first-order valence-corrected chi connectivity index (χ1v) is 9.21. The quantitative estimate of drug-likeness (QED) is 0.647. The van der Waals surface area contributed by atoms with Gasteiger partial charge in [0.15, 0.2) is 0 Å². The second-order valence-corrected chi connectivity index (χ2v) is 6.83. The van der Waals surface area contributed by atoms with E-state index in [1.165, 1.54) is 0 Å². The maximum atomic E-state index is 13.1. The van der Waals surface area contributed by atoms with Crippen molar-refractivity contribution in [3.63, 3.8) is 0 Å². The van der Waals surface area contributed by atoms with Gasteiger partial charge in [0.05, 0.1) is 42.1 Å². The zero-order chi connectivity index (χ0) is 20.6. The van der Waals surface area contributed by atoms with E-state index >= 15 is 0 Å². The van der Waals surface area contributed by atoms with Crippen LogP contribution in [0.1, 0.15) is 43.1 Å². The molecule has 0 aromatic carbocycles. The van der Waals surface area contributed by atoms with Crippen LogP contribution < -0.4 is 10.6 Å². The zero-order valence-corrected chi connectivity index (χ0v) is 15.8. The van der Waals surface area contributed by atoms with Gasteiger partial charge in [0.2, 0.25) is 5.95 Å². The summed E-state index contributed by atoms with van der Waals surface area (Å²) in [6.45, 7) is 3.91. The Kier molecular flexibility index (Phi) is 4.84. The Labute approximate surface area is 164 Å². The van der Waals surface area contributed by atoms with Crippen LogP contribution >= 0.6 is 0 Å². The molecule has 0 unspecified atom stereocenters. The second-order valence-electron chi connectivity index (χ2n) is 6.83. The van der Waals surface area contributed by atoms with Crippen LogP contribution in [0.5, 0.6) is 0 Å². The normalized spacial score (nSPS) is 19.1. The Morgan fingerprint density at radius 3 is 2.48 bits per heavy atom. The van der Waals surface area contributed by atoms with E-state index in [2.05, 4.69) is 35.9 Å². The van der Waals surface area contributed by atoms with E-state index in [1.54, 1.807) is 30.3 Å². The summed E-state index contributed by atoms with van der Waals surface area (Å²) in [5.74, 6) is -0.181. The van der Waals surface area contributed by atoms with E-state index in [9.17, 15) is 13.2 Å². The third-order valence-corrected chi connectivity index (χ3v) is 4.93. The highest BCUT2D eigenvalue weighted by molar-refractivity contribution is 5.58. The van der Waals surface area contributed by atoms with Crippen LogP contribution in [0, 0.1) is 6.92 Å². The summed E-state index contributed by atoms with van der Waals surface area (Å²) >= 11 is 0. The van der Waals surface area contributed by atoms with E-state index in [4.69, 9.17) is 0 Å². The summed E-state index contributed by atoms with van der Waals surface area (Å²) in [6, 6.07) is 0.461. The first-order valence-electron chi connectivity index (χ1n) is 9.21. The zero-order valence-electron chi connectivity index (χ0n) is 15.8. The van der Waals surface area contributed by atoms with Gasteiger partial charge in [-0.05, 0) is 26.7 Å². The third-order valence-electron chi connectivity index (χ3n) is 4.93. The summed E-state index contributed by atoms with van der Waals surface area (Å²) in [4.78, 5) is 9.51. The minimum Gasteiger partial charge on any atom is -0.370 e. The van der Waals surface area contributed by atoms with Crippen molar-refractivity contribution in [3.05, 3.63) is 36.0 Å². The van der Waals surface area contributed by atoms with Crippen molar-refractivity contribution in [2.75, 3.05) is 17.2 Å². The second kappa shape index (κ2) is 7.33. The van der Waals surface area contributed by atoms with Crippen LogP contribution in [0.3, 0.4) is 0 Å². The molecule has 0 amide bonds. The van der Waals surface area contributed by atoms with Gasteiger partial charge < -0.3 is 10.6 Å². The molecule has 0 bridgehead atoms. The van der Waals surface area contributed by atoms with Crippen molar-refractivity contribution in [3.8, 4) is 0 Å². The SMILES string of the molecule is CCNc1nc(Nc2cnn(C3CC(n4nccn4)C3)c2C)ncc1C(F)(F)F. The molecule has 3 aromatic rings. The average molecular weight is 407 g/mol. The summed E-state index contributed by atoms with van der Waals surface area (Å²) in [5, 5.41) is 18.3. The average Bonchev–Trinajstić information content (AvgIpc) is 3.26. The number of hydrogen-bond acceptors (Lipinski definition) is 7. The van der Waals surface area contributed by atoms with Crippen LogP contribution in [0.2, 0.25) is 0 Å². The van der Waals surface area contributed by atoms with Crippen molar-refractivity contribution in [2.45, 2.75) is 44.9 Å². The molecular weight excluding hydrogens is 387 g/mol. The highest BCUT2D eigenvalue weighted by atomic mass is 19.4. The molecular formula is C17H20F3N9. The van der Waals surface area contributed by atoms with Crippen molar-refractivity contribution in [2.24, 2.45) is 0 Å². The van der Waals surface area contributed by atoms with Crippen LogP contribution in [0.4, 0.5) is 30.6 Å². The van der Waals surface area contributed by atoms with Gasteiger partial charge in [-0.1, -0.05) is 0 Å². The van der Waals surface area contributed by atoms with Crippen molar-refractivity contribution in [1.82, 2.24) is 34.7 Å². The van der Waals surface area contributed by atoms with Gasteiger partial charge >= 0.3 is 6.18 Å². The molecule has 2 N–H and O–H groups in total. The van der Waals surface area contributed by atoms with Crippen LogP contribution in [-0.4, -0.2) is 41.3 Å². The Morgan fingerprint density at radius 1 is 1.10 bits per heavy atom. The van der Waals surface area contributed by atoms with E-state index in [0.717, 1.165) is 24.7 Å². The lowest BCUT2D eigenvalue weighted by molar-refractivity contribution is -0.137. The molecule has 1 saturated carbocycles. The molecule has 0 saturated heterocycles. The van der Waals surface area contributed by atoms with Crippen molar-refractivity contribution < 1.29 is 13.2 Å². The predicted molar refractivity (Wildman–Crippen MR) is 98.8 cm³/mol. The van der Waals surface area contributed by atoms with Crippen LogP contribution in [0.25, 0.3) is 0 Å². The number of hydrogen-bond donors (Lipinski definition) is 2. The number of halogens is 3. The minimum atomic E-state index is -4.53. The topological polar surface area (TPSA) is 98.4 Å². The van der Waals surface area contributed by atoms with Gasteiger partial charge in [0, 0.05) is 12.7 Å². The van der Waals surface area contributed by atoms with E-state index < -0.39 is 11.7 Å². The smallest absolute Gasteiger partial charge is 0.370 e. The fraction of sp³-hybridized carbons (Fsp3) is 0.471. The molecule has 154 valence electrons. The highest BCUT2D eigenvalue weighted by Crippen LogP contribution is 2.41. The molecule has 4 rings (SSSR count). The number of nitrogens with one attached hydrogen (secondary N) is 2. The maximum absolute atomic E-state index is 13.1. The van der Waals surface area contributed by atoms with Gasteiger partial charge in [-0.25, -0.2) is 4.98 Å². The molecule has 9 nitrogen and oxygen atoms in total. The van der Waals surface area contributed by atoms with Gasteiger partial charge in [0.25, 0.3) is 0 Å². The highest BCUT2D eigenvalue weighted by Gasteiger charge is 2.36. The van der Waals surface area contributed by atoms with Crippen molar-refractivity contribution in [1.29, 1.82) is 0 Å². The van der Waals surface area contributed by atoms with Crippen LogP contribution in [-0.2, 0) is 6.18 Å².